The molecule has 56 valence electrons. The van der Waals surface area contributed by atoms with Crippen molar-refractivity contribution < 1.29 is 14.0 Å². The van der Waals surface area contributed by atoms with E-state index < -0.39 is 8.25 Å². The predicted octanol–water partition coefficient (Wildman–Crippen LogP) is 0.121. The van der Waals surface area contributed by atoms with E-state index in [1.807, 2.05) is 0 Å². The Balaban J connectivity index is 3.50. The molecule has 0 amide bonds. The Bertz CT molecular complexity index is 106. The summed E-state index contributed by atoms with van der Waals surface area (Å²) >= 11 is 0. The molecule has 3 unspecified atom stereocenters. The van der Waals surface area contributed by atoms with Crippen molar-refractivity contribution in [1.82, 2.24) is 0 Å². The molecule has 0 rings (SSSR count). The van der Waals surface area contributed by atoms with Crippen LogP contribution in [0, 0.1) is 0 Å². The first kappa shape index (κ1) is 9.11. The van der Waals surface area contributed by atoms with E-state index in [0.717, 1.165) is 0 Å². The summed E-state index contributed by atoms with van der Waals surface area (Å²) in [7, 11) is -2.81. The zero-order valence-corrected chi connectivity index (χ0v) is 6.50. The van der Waals surface area contributed by atoms with Gasteiger partial charge >= 0.3 is 8.25 Å². The molecular formula is C4H12NO3P. The average Bonchev–Trinajstić information content (AvgIpc) is 1.63. The molecule has 0 heterocycles. The highest BCUT2D eigenvalue weighted by atomic mass is 31.1. The maximum absolute atomic E-state index is 10.0. The molecule has 0 aromatic heterocycles. The van der Waals surface area contributed by atoms with Crippen LogP contribution in [0.5, 0.6) is 0 Å². The molecule has 0 saturated carbocycles. The Hall–Kier alpha value is 0.110. The van der Waals surface area contributed by atoms with Gasteiger partial charge in [0.2, 0.25) is 0 Å². The zero-order valence-electron chi connectivity index (χ0n) is 5.50. The van der Waals surface area contributed by atoms with Crippen LogP contribution in [0.4, 0.5) is 0 Å². The summed E-state index contributed by atoms with van der Waals surface area (Å²) in [5, 5.41) is 0. The standard InChI is InChI=1S/C4H12NO3P/c1-3(5)4(2)8-9(6)7/h3-4,9H,5H2,1-2H3,(H,6,7). The highest BCUT2D eigenvalue weighted by molar-refractivity contribution is 7.32. The number of rotatable bonds is 3. The van der Waals surface area contributed by atoms with Crippen molar-refractivity contribution in [3.05, 3.63) is 0 Å². The van der Waals surface area contributed by atoms with E-state index in [-0.39, 0.29) is 12.1 Å². The normalized spacial score (nSPS) is 20.9. The maximum Gasteiger partial charge on any atom is 0.316 e. The van der Waals surface area contributed by atoms with Crippen LogP contribution < -0.4 is 5.73 Å². The molecular weight excluding hydrogens is 141 g/mol. The Morgan fingerprint density at radius 1 is 1.67 bits per heavy atom. The first-order valence-corrected chi connectivity index (χ1v) is 3.95. The minimum Gasteiger partial charge on any atom is -0.326 e. The molecule has 3 atom stereocenters. The summed E-state index contributed by atoms with van der Waals surface area (Å²) < 4.78 is 14.5. The van der Waals surface area contributed by atoms with Crippen molar-refractivity contribution in [3.63, 3.8) is 0 Å². The van der Waals surface area contributed by atoms with Crippen LogP contribution in [-0.4, -0.2) is 17.0 Å². The van der Waals surface area contributed by atoms with E-state index >= 15 is 0 Å². The van der Waals surface area contributed by atoms with Gasteiger partial charge in [-0.1, -0.05) is 0 Å². The van der Waals surface area contributed by atoms with E-state index in [1.54, 1.807) is 13.8 Å². The first-order chi connectivity index (χ1) is 4.04. The summed E-state index contributed by atoms with van der Waals surface area (Å²) in [6.45, 7) is 3.37. The summed E-state index contributed by atoms with van der Waals surface area (Å²) in [6.07, 6.45) is -0.346. The van der Waals surface area contributed by atoms with Gasteiger partial charge in [-0.05, 0) is 13.8 Å². The second kappa shape index (κ2) is 4.01. The van der Waals surface area contributed by atoms with E-state index in [9.17, 15) is 4.57 Å². The SMILES string of the molecule is CC(N)C(C)O[PH](=O)O. The minimum atomic E-state index is -2.81. The van der Waals surface area contributed by atoms with Crippen molar-refractivity contribution in [2.45, 2.75) is 26.0 Å². The van der Waals surface area contributed by atoms with Gasteiger partial charge in [-0.2, -0.15) is 0 Å². The third kappa shape index (κ3) is 4.60. The molecule has 0 aromatic rings. The van der Waals surface area contributed by atoms with Crippen molar-refractivity contribution in [3.8, 4) is 0 Å². The molecule has 5 heteroatoms. The van der Waals surface area contributed by atoms with Crippen molar-refractivity contribution in [2.75, 3.05) is 0 Å². The monoisotopic (exact) mass is 153 g/mol. The Labute approximate surface area is 55.0 Å². The smallest absolute Gasteiger partial charge is 0.316 e. The highest BCUT2D eigenvalue weighted by Gasteiger charge is 2.08. The fourth-order valence-corrected chi connectivity index (χ4v) is 0.799. The number of hydrogen-bond acceptors (Lipinski definition) is 3. The molecule has 4 nitrogen and oxygen atoms in total. The summed E-state index contributed by atoms with van der Waals surface area (Å²) in [5.74, 6) is 0. The van der Waals surface area contributed by atoms with Gasteiger partial charge in [0, 0.05) is 6.04 Å². The topological polar surface area (TPSA) is 72.5 Å². The fraction of sp³-hybridized carbons (Fsp3) is 1.00. The van der Waals surface area contributed by atoms with Gasteiger partial charge < -0.3 is 15.2 Å². The van der Waals surface area contributed by atoms with Crippen LogP contribution >= 0.6 is 8.25 Å². The molecule has 0 aliphatic carbocycles. The largest absolute Gasteiger partial charge is 0.326 e. The minimum absolute atomic E-state index is 0.203. The molecule has 0 bridgehead atoms. The molecule has 0 aromatic carbocycles. The molecule has 3 N–H and O–H groups in total. The van der Waals surface area contributed by atoms with Crippen LogP contribution in [0.1, 0.15) is 13.8 Å². The van der Waals surface area contributed by atoms with Gasteiger partial charge in [0.1, 0.15) is 0 Å². The summed E-state index contributed by atoms with van der Waals surface area (Å²) in [6, 6.07) is -0.203. The summed E-state index contributed by atoms with van der Waals surface area (Å²) in [4.78, 5) is 8.24. The lowest BCUT2D eigenvalue weighted by molar-refractivity contribution is 0.184. The molecule has 0 spiro atoms. The van der Waals surface area contributed by atoms with Gasteiger partial charge in [-0.25, -0.2) is 0 Å². The quantitative estimate of drug-likeness (QED) is 0.565. The number of hydrogen-bond donors (Lipinski definition) is 2. The Morgan fingerprint density at radius 2 is 2.11 bits per heavy atom. The predicted molar refractivity (Wildman–Crippen MR) is 35.4 cm³/mol. The first-order valence-electron chi connectivity index (χ1n) is 2.69. The van der Waals surface area contributed by atoms with Crippen molar-refractivity contribution >= 4 is 8.25 Å². The van der Waals surface area contributed by atoms with Gasteiger partial charge in [-0.15, -0.1) is 0 Å². The Kier molecular flexibility index (Phi) is 4.06. The molecule has 0 aliphatic heterocycles. The van der Waals surface area contributed by atoms with Crippen LogP contribution in [0.2, 0.25) is 0 Å². The zero-order chi connectivity index (χ0) is 7.44. The molecule has 9 heavy (non-hydrogen) atoms. The van der Waals surface area contributed by atoms with E-state index in [2.05, 4.69) is 4.52 Å². The van der Waals surface area contributed by atoms with Gasteiger partial charge in [0.05, 0.1) is 6.10 Å². The van der Waals surface area contributed by atoms with Crippen LogP contribution in [0.15, 0.2) is 0 Å². The van der Waals surface area contributed by atoms with E-state index in [1.165, 1.54) is 0 Å². The molecule has 0 fully saturated rings. The van der Waals surface area contributed by atoms with E-state index in [0.29, 0.717) is 0 Å². The lowest BCUT2D eigenvalue weighted by Gasteiger charge is -2.13. The number of nitrogens with two attached hydrogens (primary N) is 1. The second-order valence-corrected chi connectivity index (χ2v) is 2.72. The van der Waals surface area contributed by atoms with Gasteiger partial charge in [-0.3, -0.25) is 4.57 Å². The summed E-state index contributed by atoms with van der Waals surface area (Å²) in [5.41, 5.74) is 5.33. The third-order valence-electron chi connectivity index (χ3n) is 1.03. The second-order valence-electron chi connectivity index (χ2n) is 1.95. The third-order valence-corrected chi connectivity index (χ3v) is 1.60. The Morgan fingerprint density at radius 3 is 2.22 bits per heavy atom. The van der Waals surface area contributed by atoms with Gasteiger partial charge in [0.25, 0.3) is 0 Å². The van der Waals surface area contributed by atoms with E-state index in [4.69, 9.17) is 10.6 Å². The lowest BCUT2D eigenvalue weighted by Crippen LogP contribution is -2.29. The average molecular weight is 153 g/mol. The van der Waals surface area contributed by atoms with Gasteiger partial charge in [0.15, 0.2) is 0 Å². The van der Waals surface area contributed by atoms with Crippen molar-refractivity contribution in [1.29, 1.82) is 0 Å². The molecule has 0 saturated heterocycles. The van der Waals surface area contributed by atoms with Crippen LogP contribution in [-0.2, 0) is 9.09 Å². The lowest BCUT2D eigenvalue weighted by atomic mass is 10.2. The fourth-order valence-electron chi connectivity index (χ4n) is 0.266. The van der Waals surface area contributed by atoms with Crippen LogP contribution in [0.3, 0.4) is 0 Å². The highest BCUT2D eigenvalue weighted by Crippen LogP contribution is 2.18. The van der Waals surface area contributed by atoms with Crippen molar-refractivity contribution in [2.24, 2.45) is 5.73 Å². The molecule has 0 radical (unpaired) electrons. The molecule has 0 aliphatic rings. The maximum atomic E-state index is 10.0. The van der Waals surface area contributed by atoms with Crippen LogP contribution in [0.25, 0.3) is 0 Å².